The molecule has 3 aliphatic rings. The van der Waals surface area contributed by atoms with E-state index in [1.165, 1.54) is 5.56 Å². The molecule has 0 radical (unpaired) electrons. The molecule has 186 valence electrons. The SMILES string of the molecule is CC(C)N1C(=O)c2ccccc2C(C(=O)N(C)C)C12CCN(Cc1ccc3c(c1)OCCO3)CC2. The summed E-state index contributed by atoms with van der Waals surface area (Å²) >= 11 is 0. The fourth-order valence-corrected chi connectivity index (χ4v) is 6.15. The summed E-state index contributed by atoms with van der Waals surface area (Å²) < 4.78 is 11.4. The number of carbonyl (C=O) groups is 2. The molecule has 5 rings (SSSR count). The van der Waals surface area contributed by atoms with Gasteiger partial charge in [0.15, 0.2) is 11.5 Å². The van der Waals surface area contributed by atoms with Crippen LogP contribution in [0.4, 0.5) is 0 Å². The zero-order valence-electron chi connectivity index (χ0n) is 21.1. The number of likely N-dealkylation sites (N-methyl/N-ethyl adjacent to an activating group) is 1. The van der Waals surface area contributed by atoms with Crippen molar-refractivity contribution in [3.8, 4) is 11.5 Å². The van der Waals surface area contributed by atoms with E-state index in [4.69, 9.17) is 9.47 Å². The predicted octanol–water partition coefficient (Wildman–Crippen LogP) is 3.53. The zero-order chi connectivity index (χ0) is 24.7. The van der Waals surface area contributed by atoms with Crippen molar-refractivity contribution >= 4 is 11.8 Å². The molecule has 0 saturated carbocycles. The van der Waals surface area contributed by atoms with Crippen molar-refractivity contribution in [3.63, 3.8) is 0 Å². The van der Waals surface area contributed by atoms with E-state index in [1.54, 1.807) is 4.90 Å². The number of ether oxygens (including phenoxy) is 2. The van der Waals surface area contributed by atoms with Gasteiger partial charge in [-0.05, 0) is 56.0 Å². The molecule has 1 spiro atoms. The van der Waals surface area contributed by atoms with E-state index >= 15 is 0 Å². The average molecular weight is 478 g/mol. The van der Waals surface area contributed by atoms with Crippen LogP contribution in [0.2, 0.25) is 0 Å². The normalized spacial score (nSPS) is 21.2. The van der Waals surface area contributed by atoms with E-state index in [0.717, 1.165) is 49.5 Å². The molecule has 1 saturated heterocycles. The Morgan fingerprint density at radius 2 is 1.74 bits per heavy atom. The highest BCUT2D eigenvalue weighted by Gasteiger charge is 2.56. The van der Waals surface area contributed by atoms with Gasteiger partial charge < -0.3 is 19.3 Å². The first kappa shape index (κ1) is 23.7. The smallest absolute Gasteiger partial charge is 0.254 e. The van der Waals surface area contributed by atoms with E-state index in [2.05, 4.69) is 30.9 Å². The maximum absolute atomic E-state index is 13.7. The number of fused-ring (bicyclic) bond motifs is 2. The monoisotopic (exact) mass is 477 g/mol. The van der Waals surface area contributed by atoms with Gasteiger partial charge in [0.2, 0.25) is 5.91 Å². The van der Waals surface area contributed by atoms with E-state index in [0.29, 0.717) is 18.8 Å². The molecule has 35 heavy (non-hydrogen) atoms. The van der Waals surface area contributed by atoms with Crippen molar-refractivity contribution in [2.45, 2.75) is 50.7 Å². The first-order valence-electron chi connectivity index (χ1n) is 12.6. The number of hydrogen-bond acceptors (Lipinski definition) is 5. The Bertz CT molecular complexity index is 1120. The second kappa shape index (κ2) is 9.19. The summed E-state index contributed by atoms with van der Waals surface area (Å²) in [5.41, 5.74) is 2.17. The topological polar surface area (TPSA) is 62.3 Å². The Morgan fingerprint density at radius 3 is 2.43 bits per heavy atom. The lowest BCUT2D eigenvalue weighted by Gasteiger charge is -2.57. The van der Waals surface area contributed by atoms with Crippen LogP contribution in [0.5, 0.6) is 11.5 Å². The standard InChI is InChI=1S/C28H35N3O4/c1-19(2)31-26(32)22-8-6-5-7-21(22)25(27(33)29(3)4)28(31)11-13-30(14-12-28)18-20-9-10-23-24(17-20)35-16-15-34-23/h5-10,17,19,25H,11-16,18H2,1-4H3. The minimum atomic E-state index is -0.537. The van der Waals surface area contributed by atoms with Gasteiger partial charge >= 0.3 is 0 Å². The van der Waals surface area contributed by atoms with E-state index in [-0.39, 0.29) is 23.8 Å². The molecule has 0 bridgehead atoms. The molecule has 7 heteroatoms. The number of amides is 2. The number of likely N-dealkylation sites (tertiary alicyclic amines) is 1. The Hall–Kier alpha value is -3.06. The fraction of sp³-hybridized carbons (Fsp3) is 0.500. The Kier molecular flexibility index (Phi) is 6.21. The van der Waals surface area contributed by atoms with Crippen molar-refractivity contribution in [1.82, 2.24) is 14.7 Å². The molecule has 2 aromatic rings. The van der Waals surface area contributed by atoms with Crippen molar-refractivity contribution in [2.75, 3.05) is 40.4 Å². The number of hydrogen-bond donors (Lipinski definition) is 0. The minimum absolute atomic E-state index is 0.00216. The quantitative estimate of drug-likeness (QED) is 0.674. The third-order valence-electron chi connectivity index (χ3n) is 7.68. The van der Waals surface area contributed by atoms with E-state index in [1.807, 2.05) is 49.3 Å². The van der Waals surface area contributed by atoms with Crippen LogP contribution in [0, 0.1) is 0 Å². The van der Waals surface area contributed by atoms with Crippen molar-refractivity contribution in [1.29, 1.82) is 0 Å². The number of rotatable bonds is 4. The number of carbonyl (C=O) groups excluding carboxylic acids is 2. The van der Waals surface area contributed by atoms with Gasteiger partial charge in [0.1, 0.15) is 13.2 Å². The molecule has 2 aromatic carbocycles. The van der Waals surface area contributed by atoms with Gasteiger partial charge in [-0.15, -0.1) is 0 Å². The van der Waals surface area contributed by atoms with Gasteiger partial charge in [-0.2, -0.15) is 0 Å². The predicted molar refractivity (Wildman–Crippen MR) is 134 cm³/mol. The first-order chi connectivity index (χ1) is 16.8. The second-order valence-corrected chi connectivity index (χ2v) is 10.4. The van der Waals surface area contributed by atoms with Crippen LogP contribution in [0.25, 0.3) is 0 Å². The summed E-state index contributed by atoms with van der Waals surface area (Å²) in [5.74, 6) is 1.34. The molecule has 2 amide bonds. The van der Waals surface area contributed by atoms with Crippen LogP contribution in [-0.4, -0.2) is 78.5 Å². The zero-order valence-corrected chi connectivity index (χ0v) is 21.1. The highest BCUT2D eigenvalue weighted by molar-refractivity contribution is 6.02. The molecular weight excluding hydrogens is 442 g/mol. The first-order valence-corrected chi connectivity index (χ1v) is 12.6. The third kappa shape index (κ3) is 4.05. The Balaban J connectivity index is 1.44. The molecule has 1 fully saturated rings. The van der Waals surface area contributed by atoms with Crippen LogP contribution >= 0.6 is 0 Å². The second-order valence-electron chi connectivity index (χ2n) is 10.4. The highest BCUT2D eigenvalue weighted by atomic mass is 16.6. The minimum Gasteiger partial charge on any atom is -0.486 e. The van der Waals surface area contributed by atoms with Crippen LogP contribution in [0.3, 0.4) is 0 Å². The Labute approximate surface area is 207 Å². The molecule has 1 unspecified atom stereocenters. The largest absolute Gasteiger partial charge is 0.486 e. The number of benzene rings is 2. The molecule has 0 aliphatic carbocycles. The molecule has 7 nitrogen and oxygen atoms in total. The highest BCUT2D eigenvalue weighted by Crippen LogP contribution is 2.48. The lowest BCUT2D eigenvalue weighted by Crippen LogP contribution is -2.66. The molecule has 1 atom stereocenters. The van der Waals surface area contributed by atoms with Crippen LogP contribution in [0.15, 0.2) is 42.5 Å². The van der Waals surface area contributed by atoms with Gasteiger partial charge in [0, 0.05) is 45.3 Å². The number of piperidine rings is 1. The van der Waals surface area contributed by atoms with Crippen LogP contribution < -0.4 is 9.47 Å². The summed E-state index contributed by atoms with van der Waals surface area (Å²) in [6.45, 7) is 7.70. The molecular formula is C28H35N3O4. The van der Waals surface area contributed by atoms with E-state index in [9.17, 15) is 9.59 Å². The summed E-state index contributed by atoms with van der Waals surface area (Å²) in [6, 6.07) is 13.8. The van der Waals surface area contributed by atoms with Gasteiger partial charge in [-0.3, -0.25) is 14.5 Å². The van der Waals surface area contributed by atoms with Gasteiger partial charge in [0.05, 0.1) is 11.5 Å². The lowest BCUT2D eigenvalue weighted by molar-refractivity contribution is -0.136. The summed E-state index contributed by atoms with van der Waals surface area (Å²) in [7, 11) is 3.62. The van der Waals surface area contributed by atoms with Crippen LogP contribution in [0.1, 0.15) is 54.1 Å². The average Bonchev–Trinajstić information content (AvgIpc) is 2.85. The maximum atomic E-state index is 13.7. The fourth-order valence-electron chi connectivity index (χ4n) is 6.15. The van der Waals surface area contributed by atoms with Crippen molar-refractivity contribution < 1.29 is 19.1 Å². The maximum Gasteiger partial charge on any atom is 0.254 e. The molecule has 0 N–H and O–H groups in total. The van der Waals surface area contributed by atoms with Gasteiger partial charge in [-0.1, -0.05) is 24.3 Å². The van der Waals surface area contributed by atoms with Gasteiger partial charge in [-0.25, -0.2) is 0 Å². The van der Waals surface area contributed by atoms with Gasteiger partial charge in [0.25, 0.3) is 5.91 Å². The van der Waals surface area contributed by atoms with E-state index < -0.39 is 5.54 Å². The van der Waals surface area contributed by atoms with Crippen molar-refractivity contribution in [3.05, 3.63) is 59.2 Å². The molecule has 3 heterocycles. The summed E-state index contributed by atoms with van der Waals surface area (Å²) in [4.78, 5) is 33.5. The summed E-state index contributed by atoms with van der Waals surface area (Å²) in [5, 5.41) is 0. The van der Waals surface area contributed by atoms with Crippen molar-refractivity contribution in [2.24, 2.45) is 0 Å². The molecule has 0 aromatic heterocycles. The molecule has 3 aliphatic heterocycles. The lowest BCUT2D eigenvalue weighted by atomic mass is 9.66. The third-order valence-corrected chi connectivity index (χ3v) is 7.68. The number of nitrogens with zero attached hydrogens (tertiary/aromatic N) is 3. The van der Waals surface area contributed by atoms with Crippen LogP contribution in [-0.2, 0) is 11.3 Å². The Morgan fingerprint density at radius 1 is 1.06 bits per heavy atom. The summed E-state index contributed by atoms with van der Waals surface area (Å²) in [6.07, 6.45) is 1.50.